The number of benzene rings is 2. The van der Waals surface area contributed by atoms with Gasteiger partial charge >= 0.3 is 0 Å². The van der Waals surface area contributed by atoms with E-state index in [1.165, 1.54) is 12.1 Å². The number of nitrogens with zero attached hydrogens (tertiary/aromatic N) is 5. The predicted octanol–water partition coefficient (Wildman–Crippen LogP) is 4.08. The van der Waals surface area contributed by atoms with Crippen LogP contribution in [0.1, 0.15) is 6.92 Å². The molecule has 3 atom stereocenters. The van der Waals surface area contributed by atoms with Gasteiger partial charge in [0.15, 0.2) is 10.9 Å². The van der Waals surface area contributed by atoms with Crippen LogP contribution in [0.15, 0.2) is 24.8 Å². The van der Waals surface area contributed by atoms with E-state index >= 15 is 8.78 Å². The molecule has 1 fully saturated rings. The molecule has 10 nitrogen and oxygen atoms in total. The van der Waals surface area contributed by atoms with Crippen LogP contribution in [0.3, 0.4) is 0 Å². The van der Waals surface area contributed by atoms with E-state index in [1.807, 2.05) is 11.8 Å². The van der Waals surface area contributed by atoms with Crippen LogP contribution in [0.2, 0.25) is 5.02 Å². The molecule has 0 radical (unpaired) electrons. The first-order valence-corrected chi connectivity index (χ1v) is 15.0. The summed E-state index contributed by atoms with van der Waals surface area (Å²) in [5.41, 5.74) is 5.58. The highest BCUT2D eigenvalue weighted by atomic mass is 35.5. The summed E-state index contributed by atoms with van der Waals surface area (Å²) in [6.07, 6.45) is 0.692. The Bertz CT molecular complexity index is 1940. The fourth-order valence-corrected chi connectivity index (χ4v) is 7.49. The second kappa shape index (κ2) is 10.2. The quantitative estimate of drug-likeness (QED) is 0.320. The van der Waals surface area contributed by atoms with Gasteiger partial charge < -0.3 is 30.5 Å². The maximum absolute atomic E-state index is 16.8. The molecule has 4 aromatic rings. The van der Waals surface area contributed by atoms with Crippen molar-refractivity contribution >= 4 is 72.4 Å². The minimum Gasteiger partial charge on any atom is -0.470 e. The van der Waals surface area contributed by atoms with Crippen LogP contribution < -0.4 is 25.6 Å². The Morgan fingerprint density at radius 1 is 1.18 bits per heavy atom. The zero-order valence-electron chi connectivity index (χ0n) is 23.5. The summed E-state index contributed by atoms with van der Waals surface area (Å²) in [5.74, 6) is -3.46. The van der Waals surface area contributed by atoms with Gasteiger partial charge in [-0.1, -0.05) is 29.5 Å². The number of amides is 2. The van der Waals surface area contributed by atoms with E-state index in [0.29, 0.717) is 24.0 Å². The van der Waals surface area contributed by atoms with Gasteiger partial charge in [0.25, 0.3) is 5.91 Å². The van der Waals surface area contributed by atoms with E-state index in [4.69, 9.17) is 22.1 Å². The molecule has 228 valence electrons. The van der Waals surface area contributed by atoms with Crippen molar-refractivity contribution in [2.75, 3.05) is 48.8 Å². The molecule has 0 spiro atoms. The number of fused-ring (bicyclic) bond motifs is 5. The van der Waals surface area contributed by atoms with E-state index < -0.39 is 29.6 Å². The lowest BCUT2D eigenvalue weighted by Gasteiger charge is -2.52. The molecule has 0 aliphatic carbocycles. The number of pyridine rings is 1. The number of nitrogen functional groups attached to an aromatic ring is 1. The van der Waals surface area contributed by atoms with Crippen LogP contribution in [0.4, 0.5) is 29.7 Å². The Balaban J connectivity index is 1.51. The molecule has 15 heteroatoms. The number of hydrogen-bond acceptors (Lipinski definition) is 9. The minimum atomic E-state index is -1.07. The number of ether oxygens (including phenoxy) is 1. The summed E-state index contributed by atoms with van der Waals surface area (Å²) in [5, 5.41) is 3.09. The summed E-state index contributed by atoms with van der Waals surface area (Å²) < 4.78 is 52.9. The molecule has 2 aromatic carbocycles. The zero-order valence-corrected chi connectivity index (χ0v) is 25.0. The van der Waals surface area contributed by atoms with Gasteiger partial charge in [0.05, 0.1) is 34.0 Å². The number of anilines is 3. The van der Waals surface area contributed by atoms with Gasteiger partial charge in [0.2, 0.25) is 11.8 Å². The lowest BCUT2D eigenvalue weighted by molar-refractivity contribution is -0.131. The first-order chi connectivity index (χ1) is 21.0. The summed E-state index contributed by atoms with van der Waals surface area (Å²) in [4.78, 5) is 40.2. The highest BCUT2D eigenvalue weighted by Crippen LogP contribution is 2.52. The lowest BCUT2D eigenvalue weighted by Crippen LogP contribution is -2.67. The Hall–Kier alpha value is -4.14. The van der Waals surface area contributed by atoms with Gasteiger partial charge in [-0.15, -0.1) is 0 Å². The number of nitrogens with two attached hydrogens (primary N) is 1. The summed E-state index contributed by atoms with van der Waals surface area (Å²) in [6, 6.07) is 0.985. The van der Waals surface area contributed by atoms with Crippen LogP contribution in [-0.2, 0) is 9.59 Å². The number of carbonyl (C=O) groups excluding carboxylic acids is 2. The number of rotatable bonds is 4. The van der Waals surface area contributed by atoms with E-state index in [2.05, 4.69) is 21.9 Å². The highest BCUT2D eigenvalue weighted by Gasteiger charge is 2.49. The molecule has 1 saturated heterocycles. The molecular weight excluding hydrogens is 619 g/mol. The molecule has 0 unspecified atom stereocenters. The largest absolute Gasteiger partial charge is 0.470 e. The average Bonchev–Trinajstić information content (AvgIpc) is 3.38. The molecule has 2 aromatic heterocycles. The van der Waals surface area contributed by atoms with E-state index in [1.54, 1.807) is 16.8 Å². The third kappa shape index (κ3) is 4.04. The minimum absolute atomic E-state index is 0.0253. The molecule has 3 N–H and O–H groups in total. The Kier molecular flexibility index (Phi) is 6.64. The van der Waals surface area contributed by atoms with Crippen molar-refractivity contribution in [1.29, 1.82) is 0 Å². The van der Waals surface area contributed by atoms with Gasteiger partial charge in [-0.05, 0) is 26.1 Å². The number of thiazole rings is 1. The third-order valence-corrected chi connectivity index (χ3v) is 9.52. The lowest BCUT2D eigenvalue weighted by atomic mass is 9.95. The summed E-state index contributed by atoms with van der Waals surface area (Å²) in [7, 11) is 1.73. The molecule has 3 aliphatic rings. The van der Waals surface area contributed by atoms with Gasteiger partial charge in [0.1, 0.15) is 35.0 Å². The number of hydrogen-bond donors (Lipinski definition) is 2. The first kappa shape index (κ1) is 28.6. The second-order valence-electron chi connectivity index (χ2n) is 11.0. The maximum Gasteiger partial charge on any atom is 0.251 e. The van der Waals surface area contributed by atoms with Crippen LogP contribution in [0.25, 0.3) is 32.2 Å². The molecule has 7 rings (SSSR count). The van der Waals surface area contributed by atoms with Gasteiger partial charge in [-0.25, -0.2) is 23.1 Å². The molecule has 0 saturated carbocycles. The Morgan fingerprint density at radius 2 is 1.95 bits per heavy atom. The van der Waals surface area contributed by atoms with E-state index in [0.717, 1.165) is 11.3 Å². The van der Waals surface area contributed by atoms with Crippen molar-refractivity contribution in [1.82, 2.24) is 20.2 Å². The third-order valence-electron chi connectivity index (χ3n) is 8.33. The number of piperazine rings is 1. The summed E-state index contributed by atoms with van der Waals surface area (Å²) >= 11 is 7.53. The van der Waals surface area contributed by atoms with Crippen molar-refractivity contribution < 1.29 is 27.5 Å². The number of likely N-dealkylation sites (N-methyl/N-ethyl adjacent to an activating group) is 1. The van der Waals surface area contributed by atoms with Gasteiger partial charge in [-0.3, -0.25) is 9.59 Å². The van der Waals surface area contributed by atoms with Crippen molar-refractivity contribution in [3.63, 3.8) is 0 Å². The first-order valence-electron chi connectivity index (χ1n) is 13.8. The second-order valence-corrected chi connectivity index (χ2v) is 12.4. The Morgan fingerprint density at radius 3 is 2.68 bits per heavy atom. The van der Waals surface area contributed by atoms with Crippen molar-refractivity contribution in [2.45, 2.75) is 25.1 Å². The van der Waals surface area contributed by atoms with Crippen LogP contribution in [0.5, 0.6) is 5.88 Å². The van der Waals surface area contributed by atoms with Crippen LogP contribution in [-0.4, -0.2) is 78.1 Å². The predicted molar refractivity (Wildman–Crippen MR) is 163 cm³/mol. The van der Waals surface area contributed by atoms with Crippen LogP contribution >= 0.6 is 22.9 Å². The normalized spacial score (nSPS) is 21.0. The van der Waals surface area contributed by atoms with E-state index in [-0.39, 0.29) is 85.8 Å². The Labute approximate surface area is 257 Å². The number of carbonyl (C=O) groups is 2. The van der Waals surface area contributed by atoms with Crippen molar-refractivity contribution in [3.05, 3.63) is 47.3 Å². The van der Waals surface area contributed by atoms with Gasteiger partial charge in [-0.2, -0.15) is 0 Å². The SMILES string of the molecule is C=CC(=O)N1C[C@@H]2C(=O)N3C[C@@H](CNC)Oc4nc5c(F)c(-c6c(F)cc(F)c7sc(N)nc67)c(Cl)cc5c(c43)N2C[C@H]1C. The monoisotopic (exact) mass is 643 g/mol. The number of halogens is 4. The zero-order chi connectivity index (χ0) is 31.2. The number of aromatic nitrogens is 2. The molecule has 0 bridgehead atoms. The van der Waals surface area contributed by atoms with Crippen LogP contribution in [0, 0.1) is 17.5 Å². The van der Waals surface area contributed by atoms with Crippen molar-refractivity contribution in [2.24, 2.45) is 0 Å². The van der Waals surface area contributed by atoms with Crippen molar-refractivity contribution in [3.8, 4) is 17.0 Å². The fraction of sp³-hybridized carbons (Fsp3) is 0.310. The fourth-order valence-electron chi connectivity index (χ4n) is 6.46. The topological polar surface area (TPSA) is 117 Å². The molecule has 5 heterocycles. The van der Waals surface area contributed by atoms with Gasteiger partial charge in [0, 0.05) is 41.7 Å². The molecular formula is C29H25ClF3N7O3S. The standard InChI is InChI=1S/C29H25ClF3N7O3S/c1-4-18(41)38-10-17-28(42)40-9-12(7-35-3)43-27-25(40)24(39(17)8-11(38)2)13-5-14(30)19(21(33)22(13)36-27)20-15(31)6-16(32)26-23(20)37-29(34)44-26/h4-6,11-12,17,35H,1,7-10H2,2-3H3,(H2,34,37)/t11-,12-,17-/m1/s1. The molecule has 3 aliphatic heterocycles. The highest BCUT2D eigenvalue weighted by molar-refractivity contribution is 7.22. The summed E-state index contributed by atoms with van der Waals surface area (Å²) in [6.45, 7) is 6.31. The number of nitrogens with one attached hydrogen (secondary N) is 1. The molecule has 44 heavy (non-hydrogen) atoms. The van der Waals surface area contributed by atoms with E-state index in [9.17, 15) is 14.0 Å². The molecule has 2 amide bonds. The maximum atomic E-state index is 16.8. The smallest absolute Gasteiger partial charge is 0.251 e. The average molecular weight is 644 g/mol.